The van der Waals surface area contributed by atoms with Crippen LogP contribution in [-0.2, 0) is 0 Å². The summed E-state index contributed by atoms with van der Waals surface area (Å²) in [4.78, 5) is 6.04. The molecule has 1 heterocycles. The Hall–Kier alpha value is -1.80. The normalized spacial score (nSPS) is 11.0. The molecule has 0 aliphatic carbocycles. The molecule has 0 aliphatic heterocycles. The molecule has 0 radical (unpaired) electrons. The monoisotopic (exact) mass is 234 g/mol. The molecule has 0 atom stereocenters. The van der Waals surface area contributed by atoms with Crippen molar-refractivity contribution in [2.24, 2.45) is 0 Å². The fourth-order valence-corrected chi connectivity index (χ4v) is 1.62. The largest absolute Gasteiger partial charge is 0.395 e. The number of likely N-dealkylation sites (N-methyl/N-ethyl adjacent to an activating group) is 1. The molecular weight excluding hydrogens is 216 g/mol. The second-order valence-electron chi connectivity index (χ2n) is 4.53. The summed E-state index contributed by atoms with van der Waals surface area (Å²) in [6, 6.07) is 3.60. The Morgan fingerprint density at radius 2 is 2.24 bits per heavy atom. The number of rotatable bonds is 4. The molecule has 0 saturated heterocycles. The molecule has 92 valence electrons. The van der Waals surface area contributed by atoms with Crippen molar-refractivity contribution in [2.45, 2.75) is 26.4 Å². The number of nitrogens with two attached hydrogens (primary N) is 1. The maximum absolute atomic E-state index is 9.82. The molecular formula is C12H18N4O. The average Bonchev–Trinajstić information content (AvgIpc) is 2.25. The van der Waals surface area contributed by atoms with Crippen molar-refractivity contribution < 1.29 is 5.11 Å². The van der Waals surface area contributed by atoms with Crippen molar-refractivity contribution in [3.05, 3.63) is 17.8 Å². The predicted molar refractivity (Wildman–Crippen MR) is 67.5 cm³/mol. The Labute approximate surface area is 101 Å². The van der Waals surface area contributed by atoms with Gasteiger partial charge >= 0.3 is 0 Å². The first kappa shape index (κ1) is 13.3. The number of hydrogen-bond donors (Lipinski definition) is 2. The van der Waals surface area contributed by atoms with Crippen molar-refractivity contribution in [1.29, 1.82) is 5.26 Å². The Bertz CT molecular complexity index is 431. The smallest absolute Gasteiger partial charge is 0.153 e. The van der Waals surface area contributed by atoms with Crippen LogP contribution in [0.3, 0.4) is 0 Å². The third kappa shape index (κ3) is 3.33. The van der Waals surface area contributed by atoms with Crippen LogP contribution >= 0.6 is 0 Å². The first-order valence-electron chi connectivity index (χ1n) is 5.51. The van der Waals surface area contributed by atoms with Crippen molar-refractivity contribution in [3.8, 4) is 6.07 Å². The van der Waals surface area contributed by atoms with E-state index in [1.807, 2.05) is 17.9 Å². The molecule has 1 aromatic heterocycles. The highest BCUT2D eigenvalue weighted by molar-refractivity contribution is 5.70. The predicted octanol–water partition coefficient (Wildman–Crippen LogP) is 1.13. The highest BCUT2D eigenvalue weighted by Gasteiger charge is 2.20. The van der Waals surface area contributed by atoms with E-state index < -0.39 is 5.60 Å². The molecule has 0 bridgehead atoms. The lowest BCUT2D eigenvalue weighted by atomic mass is 10.1. The summed E-state index contributed by atoms with van der Waals surface area (Å²) in [6.45, 7) is 6.47. The topological polar surface area (TPSA) is 86.2 Å². The van der Waals surface area contributed by atoms with Crippen LogP contribution in [0.5, 0.6) is 0 Å². The van der Waals surface area contributed by atoms with Crippen molar-refractivity contribution in [3.63, 3.8) is 0 Å². The molecule has 5 heteroatoms. The zero-order valence-corrected chi connectivity index (χ0v) is 10.4. The minimum absolute atomic E-state index is 0.362. The zero-order valence-electron chi connectivity index (χ0n) is 10.4. The molecule has 0 aromatic carbocycles. The van der Waals surface area contributed by atoms with E-state index in [2.05, 4.69) is 4.98 Å². The second kappa shape index (κ2) is 5.02. The van der Waals surface area contributed by atoms with Crippen LogP contribution in [0, 0.1) is 11.3 Å². The van der Waals surface area contributed by atoms with E-state index in [9.17, 15) is 5.11 Å². The molecule has 1 aromatic rings. The van der Waals surface area contributed by atoms with Crippen LogP contribution in [0.1, 0.15) is 26.3 Å². The quantitative estimate of drug-likeness (QED) is 0.815. The fourth-order valence-electron chi connectivity index (χ4n) is 1.62. The van der Waals surface area contributed by atoms with Gasteiger partial charge in [0.1, 0.15) is 6.07 Å². The van der Waals surface area contributed by atoms with Crippen LogP contribution in [0.2, 0.25) is 0 Å². The molecule has 1 rings (SSSR count). The van der Waals surface area contributed by atoms with Gasteiger partial charge in [0.2, 0.25) is 0 Å². The third-order valence-electron chi connectivity index (χ3n) is 2.35. The van der Waals surface area contributed by atoms with Crippen LogP contribution in [-0.4, -0.2) is 28.8 Å². The fraction of sp³-hybridized carbons (Fsp3) is 0.500. The summed E-state index contributed by atoms with van der Waals surface area (Å²) >= 11 is 0. The molecule has 3 N–H and O–H groups in total. The first-order chi connectivity index (χ1) is 7.89. The lowest BCUT2D eigenvalue weighted by molar-refractivity contribution is 0.0874. The van der Waals surface area contributed by atoms with E-state index >= 15 is 0 Å². The SMILES string of the molecule is CCN(CC(C)(C)O)c1nccc(C#N)c1N. The van der Waals surface area contributed by atoms with Crippen LogP contribution in [0.25, 0.3) is 0 Å². The first-order valence-corrected chi connectivity index (χ1v) is 5.51. The average molecular weight is 234 g/mol. The summed E-state index contributed by atoms with van der Waals surface area (Å²) in [7, 11) is 0. The van der Waals surface area contributed by atoms with Gasteiger partial charge in [-0.1, -0.05) is 0 Å². The van der Waals surface area contributed by atoms with E-state index in [1.54, 1.807) is 26.1 Å². The summed E-state index contributed by atoms with van der Waals surface area (Å²) < 4.78 is 0. The van der Waals surface area contributed by atoms with Gasteiger partial charge in [0, 0.05) is 19.3 Å². The number of nitrogen functional groups attached to an aromatic ring is 1. The van der Waals surface area contributed by atoms with E-state index in [4.69, 9.17) is 11.0 Å². The standard InChI is InChI=1S/C12H18N4O/c1-4-16(8-12(2,3)17)11-10(14)9(7-13)5-6-15-11/h5-6,17H,4,8,14H2,1-3H3. The number of nitriles is 1. The maximum Gasteiger partial charge on any atom is 0.153 e. The molecule has 17 heavy (non-hydrogen) atoms. The van der Waals surface area contributed by atoms with E-state index in [-0.39, 0.29) is 0 Å². The Morgan fingerprint density at radius 3 is 2.71 bits per heavy atom. The molecule has 5 nitrogen and oxygen atoms in total. The lowest BCUT2D eigenvalue weighted by Gasteiger charge is -2.29. The molecule has 0 aliphatic rings. The minimum Gasteiger partial charge on any atom is -0.395 e. The van der Waals surface area contributed by atoms with Crippen molar-refractivity contribution in [1.82, 2.24) is 4.98 Å². The highest BCUT2D eigenvalue weighted by atomic mass is 16.3. The molecule has 0 spiro atoms. The Balaban J connectivity index is 3.09. The van der Waals surface area contributed by atoms with Crippen LogP contribution < -0.4 is 10.6 Å². The summed E-state index contributed by atoms with van der Waals surface area (Å²) in [5.41, 5.74) is 5.81. The lowest BCUT2D eigenvalue weighted by Crippen LogP contribution is -2.39. The number of pyridine rings is 1. The maximum atomic E-state index is 9.82. The summed E-state index contributed by atoms with van der Waals surface area (Å²) in [5, 5.41) is 18.7. The second-order valence-corrected chi connectivity index (χ2v) is 4.53. The van der Waals surface area contributed by atoms with E-state index in [1.165, 1.54) is 0 Å². The summed E-state index contributed by atoms with van der Waals surface area (Å²) in [5.74, 6) is 0.550. The molecule has 0 fully saturated rings. The Morgan fingerprint density at radius 1 is 1.59 bits per heavy atom. The van der Waals surface area contributed by atoms with Gasteiger partial charge in [0.25, 0.3) is 0 Å². The van der Waals surface area contributed by atoms with Crippen molar-refractivity contribution >= 4 is 11.5 Å². The number of nitrogens with zero attached hydrogens (tertiary/aromatic N) is 3. The van der Waals surface area contributed by atoms with Gasteiger partial charge in [-0.15, -0.1) is 0 Å². The Kier molecular flexibility index (Phi) is 3.92. The number of anilines is 2. The van der Waals surface area contributed by atoms with E-state index in [0.29, 0.717) is 30.2 Å². The van der Waals surface area contributed by atoms with Gasteiger partial charge in [0.15, 0.2) is 5.82 Å². The molecule has 0 amide bonds. The van der Waals surface area contributed by atoms with Crippen LogP contribution in [0.4, 0.5) is 11.5 Å². The van der Waals surface area contributed by atoms with Gasteiger partial charge in [0.05, 0.1) is 16.9 Å². The minimum atomic E-state index is -0.840. The number of aromatic nitrogens is 1. The van der Waals surface area contributed by atoms with Gasteiger partial charge in [-0.25, -0.2) is 4.98 Å². The third-order valence-corrected chi connectivity index (χ3v) is 2.35. The van der Waals surface area contributed by atoms with Gasteiger partial charge < -0.3 is 15.7 Å². The van der Waals surface area contributed by atoms with Gasteiger partial charge in [-0.05, 0) is 26.8 Å². The van der Waals surface area contributed by atoms with Crippen LogP contribution in [0.15, 0.2) is 12.3 Å². The highest BCUT2D eigenvalue weighted by Crippen LogP contribution is 2.24. The molecule has 0 unspecified atom stereocenters. The number of aliphatic hydroxyl groups is 1. The van der Waals surface area contributed by atoms with Gasteiger partial charge in [-0.3, -0.25) is 0 Å². The molecule has 0 saturated carbocycles. The zero-order chi connectivity index (χ0) is 13.1. The number of hydrogen-bond acceptors (Lipinski definition) is 5. The summed E-state index contributed by atoms with van der Waals surface area (Å²) in [6.07, 6.45) is 1.55. The van der Waals surface area contributed by atoms with Gasteiger partial charge in [-0.2, -0.15) is 5.26 Å². The van der Waals surface area contributed by atoms with E-state index in [0.717, 1.165) is 0 Å². The van der Waals surface area contributed by atoms with Crippen molar-refractivity contribution in [2.75, 3.05) is 23.7 Å².